The molecule has 1 fully saturated rings. The van der Waals surface area contributed by atoms with E-state index in [-0.39, 0.29) is 17.3 Å². The molecule has 2 amide bonds. The van der Waals surface area contributed by atoms with E-state index in [0.717, 1.165) is 24.8 Å². The van der Waals surface area contributed by atoms with Gasteiger partial charge in [0.15, 0.2) is 0 Å². The van der Waals surface area contributed by atoms with E-state index in [1.807, 2.05) is 12.1 Å². The highest BCUT2D eigenvalue weighted by Crippen LogP contribution is 2.47. The van der Waals surface area contributed by atoms with E-state index in [4.69, 9.17) is 0 Å². The standard InChI is InChI=1S/C16H23FN2O/c1-12(2)7-10-18-15(20)19-11-16(8-9-16)13-3-5-14(17)6-4-13/h3-6,12H,7-11H2,1-2H3,(H2,18,19,20). The van der Waals surface area contributed by atoms with Gasteiger partial charge < -0.3 is 10.6 Å². The molecule has 2 N–H and O–H groups in total. The Morgan fingerprint density at radius 1 is 1.25 bits per heavy atom. The third-order valence-electron chi connectivity index (χ3n) is 3.90. The van der Waals surface area contributed by atoms with Crippen LogP contribution in [0.3, 0.4) is 0 Å². The number of amides is 2. The molecule has 1 aromatic rings. The normalized spacial score (nSPS) is 16.0. The van der Waals surface area contributed by atoms with E-state index in [9.17, 15) is 9.18 Å². The Morgan fingerprint density at radius 2 is 1.90 bits per heavy atom. The number of rotatable bonds is 6. The van der Waals surface area contributed by atoms with Crippen molar-refractivity contribution in [1.29, 1.82) is 0 Å². The van der Waals surface area contributed by atoms with Crippen molar-refractivity contribution >= 4 is 6.03 Å². The van der Waals surface area contributed by atoms with Crippen LogP contribution in [-0.4, -0.2) is 19.1 Å². The molecule has 0 unspecified atom stereocenters. The highest BCUT2D eigenvalue weighted by Gasteiger charge is 2.44. The summed E-state index contributed by atoms with van der Waals surface area (Å²) in [7, 11) is 0. The van der Waals surface area contributed by atoms with E-state index in [1.54, 1.807) is 0 Å². The molecule has 20 heavy (non-hydrogen) atoms. The highest BCUT2D eigenvalue weighted by atomic mass is 19.1. The highest BCUT2D eigenvalue weighted by molar-refractivity contribution is 5.74. The van der Waals surface area contributed by atoms with Crippen molar-refractivity contribution in [2.45, 2.75) is 38.5 Å². The Labute approximate surface area is 120 Å². The Kier molecular flexibility index (Phi) is 4.63. The van der Waals surface area contributed by atoms with Gasteiger partial charge in [0.1, 0.15) is 5.82 Å². The maximum Gasteiger partial charge on any atom is 0.314 e. The van der Waals surface area contributed by atoms with Crippen LogP contribution in [0, 0.1) is 11.7 Å². The van der Waals surface area contributed by atoms with Crippen LogP contribution in [0.5, 0.6) is 0 Å². The first-order chi connectivity index (χ1) is 9.52. The molecule has 0 atom stereocenters. The lowest BCUT2D eigenvalue weighted by Crippen LogP contribution is -2.40. The van der Waals surface area contributed by atoms with E-state index in [1.165, 1.54) is 12.1 Å². The van der Waals surface area contributed by atoms with E-state index in [0.29, 0.717) is 19.0 Å². The second-order valence-corrected chi connectivity index (χ2v) is 6.08. The number of urea groups is 1. The molecule has 0 aromatic heterocycles. The number of benzene rings is 1. The third kappa shape index (κ3) is 3.95. The molecule has 3 nitrogen and oxygen atoms in total. The summed E-state index contributed by atoms with van der Waals surface area (Å²) in [5.41, 5.74) is 1.13. The van der Waals surface area contributed by atoms with Crippen LogP contribution < -0.4 is 10.6 Å². The molecule has 0 aliphatic heterocycles. The predicted octanol–water partition coefficient (Wildman–Crippen LogP) is 3.20. The molecule has 0 heterocycles. The van der Waals surface area contributed by atoms with Gasteiger partial charge in [-0.25, -0.2) is 9.18 Å². The van der Waals surface area contributed by atoms with Gasteiger partial charge in [-0.3, -0.25) is 0 Å². The number of carbonyl (C=O) groups excluding carboxylic acids is 1. The Balaban J connectivity index is 1.78. The number of hydrogen-bond acceptors (Lipinski definition) is 1. The molecule has 1 aliphatic rings. The average Bonchev–Trinajstić information content (AvgIpc) is 3.18. The maximum atomic E-state index is 12.9. The summed E-state index contributed by atoms with van der Waals surface area (Å²) >= 11 is 0. The summed E-state index contributed by atoms with van der Waals surface area (Å²) in [4.78, 5) is 11.7. The van der Waals surface area contributed by atoms with Gasteiger partial charge in [-0.15, -0.1) is 0 Å². The van der Waals surface area contributed by atoms with Crippen molar-refractivity contribution in [2.24, 2.45) is 5.92 Å². The minimum absolute atomic E-state index is 0.0170. The Bertz CT molecular complexity index is 452. The van der Waals surface area contributed by atoms with Gasteiger partial charge in [0.05, 0.1) is 0 Å². The van der Waals surface area contributed by atoms with Crippen LogP contribution in [-0.2, 0) is 5.41 Å². The molecular weight excluding hydrogens is 255 g/mol. The summed E-state index contributed by atoms with van der Waals surface area (Å²) in [6, 6.07) is 6.50. The second-order valence-electron chi connectivity index (χ2n) is 6.08. The molecule has 4 heteroatoms. The fraction of sp³-hybridized carbons (Fsp3) is 0.562. The van der Waals surface area contributed by atoms with Crippen molar-refractivity contribution in [2.75, 3.05) is 13.1 Å². The first-order valence-electron chi connectivity index (χ1n) is 7.30. The fourth-order valence-corrected chi connectivity index (χ4v) is 2.31. The van der Waals surface area contributed by atoms with Crippen molar-refractivity contribution in [3.63, 3.8) is 0 Å². The quantitative estimate of drug-likeness (QED) is 0.824. The van der Waals surface area contributed by atoms with Crippen LogP contribution >= 0.6 is 0 Å². The van der Waals surface area contributed by atoms with Crippen LogP contribution in [0.4, 0.5) is 9.18 Å². The largest absolute Gasteiger partial charge is 0.338 e. The fourth-order valence-electron chi connectivity index (χ4n) is 2.31. The lowest BCUT2D eigenvalue weighted by Gasteiger charge is -2.17. The molecule has 0 radical (unpaired) electrons. The summed E-state index contributed by atoms with van der Waals surface area (Å²) in [5.74, 6) is 0.369. The van der Waals surface area contributed by atoms with Crippen molar-refractivity contribution in [1.82, 2.24) is 10.6 Å². The average molecular weight is 278 g/mol. The minimum atomic E-state index is -0.219. The Hall–Kier alpha value is -1.58. The molecule has 1 aromatic carbocycles. The van der Waals surface area contributed by atoms with Crippen LogP contribution in [0.1, 0.15) is 38.7 Å². The topological polar surface area (TPSA) is 41.1 Å². The van der Waals surface area contributed by atoms with Gasteiger partial charge in [-0.2, -0.15) is 0 Å². The minimum Gasteiger partial charge on any atom is -0.338 e. The number of carbonyl (C=O) groups is 1. The van der Waals surface area contributed by atoms with Crippen LogP contribution in [0.2, 0.25) is 0 Å². The molecule has 0 spiro atoms. The second kappa shape index (κ2) is 6.25. The predicted molar refractivity (Wildman–Crippen MR) is 78.2 cm³/mol. The van der Waals surface area contributed by atoms with Gasteiger partial charge in [0.25, 0.3) is 0 Å². The molecule has 1 saturated carbocycles. The summed E-state index contributed by atoms with van der Waals surface area (Å²) in [5, 5.41) is 5.79. The van der Waals surface area contributed by atoms with Crippen molar-refractivity contribution in [3.8, 4) is 0 Å². The van der Waals surface area contributed by atoms with Crippen LogP contribution in [0.15, 0.2) is 24.3 Å². The summed E-state index contributed by atoms with van der Waals surface area (Å²) in [6.45, 7) is 5.58. The molecule has 2 rings (SSSR count). The van der Waals surface area contributed by atoms with Crippen LogP contribution in [0.25, 0.3) is 0 Å². The first kappa shape index (κ1) is 14.8. The maximum absolute atomic E-state index is 12.9. The molecule has 1 aliphatic carbocycles. The zero-order chi connectivity index (χ0) is 14.6. The smallest absolute Gasteiger partial charge is 0.314 e. The first-order valence-corrected chi connectivity index (χ1v) is 7.30. The number of hydrogen-bond donors (Lipinski definition) is 2. The Morgan fingerprint density at radius 3 is 2.45 bits per heavy atom. The van der Waals surface area contributed by atoms with E-state index >= 15 is 0 Å². The van der Waals surface area contributed by atoms with Gasteiger partial charge in [0.2, 0.25) is 0 Å². The molecule has 0 bridgehead atoms. The zero-order valence-electron chi connectivity index (χ0n) is 12.2. The number of nitrogens with one attached hydrogen (secondary N) is 2. The summed E-state index contributed by atoms with van der Waals surface area (Å²) in [6.07, 6.45) is 3.08. The van der Waals surface area contributed by atoms with Crippen molar-refractivity contribution < 1.29 is 9.18 Å². The molecule has 0 saturated heterocycles. The monoisotopic (exact) mass is 278 g/mol. The zero-order valence-corrected chi connectivity index (χ0v) is 12.2. The lowest BCUT2D eigenvalue weighted by atomic mass is 9.96. The van der Waals surface area contributed by atoms with Gasteiger partial charge >= 0.3 is 6.03 Å². The third-order valence-corrected chi connectivity index (χ3v) is 3.90. The molecule has 110 valence electrons. The van der Waals surface area contributed by atoms with Gasteiger partial charge in [-0.1, -0.05) is 26.0 Å². The molecular formula is C16H23FN2O. The summed E-state index contributed by atoms with van der Waals surface area (Å²) < 4.78 is 12.9. The van der Waals surface area contributed by atoms with E-state index in [2.05, 4.69) is 24.5 Å². The lowest BCUT2D eigenvalue weighted by molar-refractivity contribution is 0.239. The van der Waals surface area contributed by atoms with Crippen molar-refractivity contribution in [3.05, 3.63) is 35.6 Å². The van der Waals surface area contributed by atoms with E-state index < -0.39 is 0 Å². The SMILES string of the molecule is CC(C)CCNC(=O)NCC1(c2ccc(F)cc2)CC1. The van der Waals surface area contributed by atoms with Gasteiger partial charge in [-0.05, 0) is 42.9 Å². The number of halogens is 1. The van der Waals surface area contributed by atoms with Gasteiger partial charge in [0, 0.05) is 18.5 Å².